The third-order valence-electron chi connectivity index (χ3n) is 1.89. The summed E-state index contributed by atoms with van der Waals surface area (Å²) in [6.07, 6.45) is 2.44. The Kier molecular flexibility index (Phi) is 3.08. The first-order chi connectivity index (χ1) is 5.24. The van der Waals surface area contributed by atoms with E-state index in [1.54, 1.807) is 0 Å². The van der Waals surface area contributed by atoms with Crippen molar-refractivity contribution >= 4 is 14.5 Å². The van der Waals surface area contributed by atoms with Crippen LogP contribution in [0.2, 0.25) is 0 Å². The van der Waals surface area contributed by atoms with E-state index in [0.29, 0.717) is 0 Å². The first-order valence-corrected chi connectivity index (χ1v) is 4.66. The highest BCUT2D eigenvalue weighted by molar-refractivity contribution is 7.27. The van der Waals surface area contributed by atoms with Gasteiger partial charge in [0, 0.05) is 0 Å². The molecule has 0 saturated carbocycles. The Morgan fingerprint density at radius 1 is 1.36 bits per heavy atom. The fourth-order valence-corrected chi connectivity index (χ4v) is 1.62. The van der Waals surface area contributed by atoms with Crippen LogP contribution in [0.5, 0.6) is 0 Å². The van der Waals surface area contributed by atoms with Gasteiger partial charge in [0.05, 0.1) is 0 Å². The fraction of sp³-hybridized carbons (Fsp3) is 0.400. The molecular weight excluding hydrogens is 151 g/mol. The van der Waals surface area contributed by atoms with Crippen LogP contribution in [-0.2, 0) is 6.42 Å². The minimum absolute atomic E-state index is 1.21. The van der Waals surface area contributed by atoms with Gasteiger partial charge >= 0.3 is 0 Å². The summed E-state index contributed by atoms with van der Waals surface area (Å²) in [5.41, 5.74) is 2.90. The maximum atomic E-state index is 2.72. The van der Waals surface area contributed by atoms with Gasteiger partial charge in [-0.15, -0.1) is 9.24 Å². The Morgan fingerprint density at radius 3 is 2.64 bits per heavy atom. The van der Waals surface area contributed by atoms with Gasteiger partial charge in [0.1, 0.15) is 0 Å². The van der Waals surface area contributed by atoms with E-state index >= 15 is 0 Å². The lowest BCUT2D eigenvalue weighted by Crippen LogP contribution is -1.95. The van der Waals surface area contributed by atoms with Crippen molar-refractivity contribution in [1.82, 2.24) is 0 Å². The SMILES string of the molecule is CCCc1ccc(P)cc1C. The zero-order chi connectivity index (χ0) is 8.27. The summed E-state index contributed by atoms with van der Waals surface area (Å²) in [6.45, 7) is 4.40. The second-order valence-electron chi connectivity index (χ2n) is 2.94. The lowest BCUT2D eigenvalue weighted by molar-refractivity contribution is 0.913. The van der Waals surface area contributed by atoms with Crippen LogP contribution >= 0.6 is 9.24 Å². The molecule has 1 aromatic rings. The summed E-state index contributed by atoms with van der Waals surface area (Å²) < 4.78 is 0. The van der Waals surface area contributed by atoms with Crippen molar-refractivity contribution in [3.8, 4) is 0 Å². The zero-order valence-electron chi connectivity index (χ0n) is 7.22. The second kappa shape index (κ2) is 3.88. The van der Waals surface area contributed by atoms with Gasteiger partial charge < -0.3 is 0 Å². The Morgan fingerprint density at radius 2 is 2.09 bits per heavy atom. The molecule has 0 N–H and O–H groups in total. The maximum absolute atomic E-state index is 2.72. The van der Waals surface area contributed by atoms with Crippen molar-refractivity contribution < 1.29 is 0 Å². The number of benzene rings is 1. The van der Waals surface area contributed by atoms with Crippen molar-refractivity contribution in [3.05, 3.63) is 29.3 Å². The maximum Gasteiger partial charge on any atom is -0.0279 e. The summed E-state index contributed by atoms with van der Waals surface area (Å²) in [5, 5.41) is 1.28. The van der Waals surface area contributed by atoms with E-state index in [9.17, 15) is 0 Å². The van der Waals surface area contributed by atoms with Crippen molar-refractivity contribution in [2.75, 3.05) is 0 Å². The molecule has 0 fully saturated rings. The van der Waals surface area contributed by atoms with Crippen LogP contribution in [0.3, 0.4) is 0 Å². The van der Waals surface area contributed by atoms with Crippen molar-refractivity contribution in [2.45, 2.75) is 26.7 Å². The highest BCUT2D eigenvalue weighted by Gasteiger charge is 1.95. The molecule has 11 heavy (non-hydrogen) atoms. The fourth-order valence-electron chi connectivity index (χ4n) is 1.27. The summed E-state index contributed by atoms with van der Waals surface area (Å²) in [4.78, 5) is 0. The average molecular weight is 166 g/mol. The van der Waals surface area contributed by atoms with Gasteiger partial charge in [-0.25, -0.2) is 0 Å². The third kappa shape index (κ3) is 2.31. The molecule has 0 aromatic heterocycles. The number of hydrogen-bond acceptors (Lipinski definition) is 0. The molecule has 0 saturated heterocycles. The Labute approximate surface area is 71.2 Å². The quantitative estimate of drug-likeness (QED) is 0.592. The molecule has 1 unspecified atom stereocenters. The summed E-state index contributed by atoms with van der Waals surface area (Å²) >= 11 is 0. The van der Waals surface area contributed by atoms with E-state index in [2.05, 4.69) is 41.3 Å². The normalized spacial score (nSPS) is 10.1. The smallest absolute Gasteiger partial charge is 0.0279 e. The van der Waals surface area contributed by atoms with Crippen molar-refractivity contribution in [2.24, 2.45) is 0 Å². The second-order valence-corrected chi connectivity index (χ2v) is 3.60. The highest BCUT2D eigenvalue weighted by atomic mass is 31.0. The van der Waals surface area contributed by atoms with Gasteiger partial charge in [-0.1, -0.05) is 31.5 Å². The Hall–Kier alpha value is -0.350. The van der Waals surface area contributed by atoms with Gasteiger partial charge in [0.25, 0.3) is 0 Å². The Balaban J connectivity index is 2.90. The first kappa shape index (κ1) is 8.74. The van der Waals surface area contributed by atoms with E-state index in [1.807, 2.05) is 0 Å². The minimum atomic E-state index is 1.21. The van der Waals surface area contributed by atoms with Crippen LogP contribution in [0.4, 0.5) is 0 Å². The third-order valence-corrected chi connectivity index (χ3v) is 2.25. The average Bonchev–Trinajstić information content (AvgIpc) is 1.95. The van der Waals surface area contributed by atoms with Crippen molar-refractivity contribution in [1.29, 1.82) is 0 Å². The van der Waals surface area contributed by atoms with Gasteiger partial charge in [-0.05, 0) is 29.8 Å². The highest BCUT2D eigenvalue weighted by Crippen LogP contribution is 2.09. The largest absolute Gasteiger partial charge is 0.106 e. The first-order valence-electron chi connectivity index (χ1n) is 4.09. The summed E-state index contributed by atoms with van der Waals surface area (Å²) in [7, 11) is 2.72. The van der Waals surface area contributed by atoms with Crippen molar-refractivity contribution in [3.63, 3.8) is 0 Å². The predicted molar refractivity (Wildman–Crippen MR) is 54.5 cm³/mol. The summed E-state index contributed by atoms with van der Waals surface area (Å²) in [5.74, 6) is 0. The predicted octanol–water partition coefficient (Wildman–Crippen LogP) is 2.45. The molecule has 1 rings (SSSR count). The number of hydrogen-bond donors (Lipinski definition) is 0. The summed E-state index contributed by atoms with van der Waals surface area (Å²) in [6, 6.07) is 6.60. The molecular formula is C10H15P. The van der Waals surface area contributed by atoms with Gasteiger partial charge in [-0.3, -0.25) is 0 Å². The topological polar surface area (TPSA) is 0 Å². The molecule has 1 aromatic carbocycles. The molecule has 0 radical (unpaired) electrons. The number of rotatable bonds is 2. The van der Waals surface area contributed by atoms with E-state index < -0.39 is 0 Å². The number of aryl methyl sites for hydroxylation is 2. The molecule has 0 bridgehead atoms. The molecule has 0 aliphatic rings. The van der Waals surface area contributed by atoms with Crippen LogP contribution in [0.1, 0.15) is 24.5 Å². The van der Waals surface area contributed by atoms with Gasteiger partial charge in [0.2, 0.25) is 0 Å². The molecule has 0 amide bonds. The van der Waals surface area contributed by atoms with Crippen LogP contribution in [0.15, 0.2) is 18.2 Å². The molecule has 0 heterocycles. The lowest BCUT2D eigenvalue weighted by atomic mass is 10.1. The van der Waals surface area contributed by atoms with E-state index in [4.69, 9.17) is 0 Å². The molecule has 0 aliphatic heterocycles. The standard InChI is InChI=1S/C10H15P/c1-3-4-9-5-6-10(11)7-8(9)2/h5-7H,3-4,11H2,1-2H3. The van der Waals surface area contributed by atoms with Crippen LogP contribution in [-0.4, -0.2) is 0 Å². The van der Waals surface area contributed by atoms with Gasteiger partial charge in [0.15, 0.2) is 0 Å². The van der Waals surface area contributed by atoms with Crippen LogP contribution in [0.25, 0.3) is 0 Å². The molecule has 0 aliphatic carbocycles. The molecule has 1 heteroatoms. The zero-order valence-corrected chi connectivity index (χ0v) is 8.38. The van der Waals surface area contributed by atoms with Gasteiger partial charge in [-0.2, -0.15) is 0 Å². The van der Waals surface area contributed by atoms with E-state index in [0.717, 1.165) is 0 Å². The van der Waals surface area contributed by atoms with Crippen LogP contribution < -0.4 is 5.30 Å². The van der Waals surface area contributed by atoms with E-state index in [-0.39, 0.29) is 0 Å². The monoisotopic (exact) mass is 166 g/mol. The van der Waals surface area contributed by atoms with E-state index in [1.165, 1.54) is 29.3 Å². The lowest BCUT2D eigenvalue weighted by Gasteiger charge is -2.03. The molecule has 60 valence electrons. The van der Waals surface area contributed by atoms with Crippen LogP contribution in [0, 0.1) is 6.92 Å². The molecule has 0 spiro atoms. The minimum Gasteiger partial charge on any atom is -0.106 e. The molecule has 1 atom stereocenters. The molecule has 0 nitrogen and oxygen atoms in total. The Bertz CT molecular complexity index is 241.